The van der Waals surface area contributed by atoms with Crippen molar-refractivity contribution in [1.29, 1.82) is 0 Å². The van der Waals surface area contributed by atoms with Gasteiger partial charge in [-0.15, -0.1) is 0 Å². The van der Waals surface area contributed by atoms with Crippen molar-refractivity contribution in [1.82, 2.24) is 5.32 Å². The summed E-state index contributed by atoms with van der Waals surface area (Å²) < 4.78 is 12.7. The van der Waals surface area contributed by atoms with E-state index in [2.05, 4.69) is 19.2 Å². The van der Waals surface area contributed by atoms with Crippen molar-refractivity contribution in [3.8, 4) is 0 Å². The van der Waals surface area contributed by atoms with Gasteiger partial charge >= 0.3 is 0 Å². The number of halogens is 1. The van der Waals surface area contributed by atoms with Gasteiger partial charge in [0.2, 0.25) is 5.91 Å². The van der Waals surface area contributed by atoms with E-state index in [0.29, 0.717) is 6.54 Å². The van der Waals surface area contributed by atoms with E-state index in [4.69, 9.17) is 0 Å². The number of hydrogen-bond donors (Lipinski definition) is 1. The first-order valence-corrected chi connectivity index (χ1v) is 6.69. The topological polar surface area (TPSA) is 29.1 Å². The molecular formula is C15H22FNO. The van der Waals surface area contributed by atoms with Gasteiger partial charge in [-0.05, 0) is 30.5 Å². The van der Waals surface area contributed by atoms with Crippen molar-refractivity contribution < 1.29 is 9.18 Å². The van der Waals surface area contributed by atoms with E-state index in [-0.39, 0.29) is 17.6 Å². The van der Waals surface area contributed by atoms with E-state index >= 15 is 0 Å². The van der Waals surface area contributed by atoms with Gasteiger partial charge in [0.15, 0.2) is 0 Å². The Bertz CT molecular complexity index is 355. The maximum absolute atomic E-state index is 12.7. The van der Waals surface area contributed by atoms with Gasteiger partial charge in [0, 0.05) is 12.5 Å². The Hall–Kier alpha value is -1.38. The number of amides is 1. The smallest absolute Gasteiger partial charge is 0.223 e. The lowest BCUT2D eigenvalue weighted by atomic mass is 9.97. The highest BCUT2D eigenvalue weighted by Gasteiger charge is 2.15. The summed E-state index contributed by atoms with van der Waals surface area (Å²) in [5, 5.41) is 2.93. The van der Waals surface area contributed by atoms with Crippen molar-refractivity contribution in [2.75, 3.05) is 0 Å². The van der Waals surface area contributed by atoms with Gasteiger partial charge in [-0.2, -0.15) is 0 Å². The molecule has 0 saturated heterocycles. The lowest BCUT2D eigenvalue weighted by molar-refractivity contribution is -0.125. The van der Waals surface area contributed by atoms with Crippen LogP contribution in [0.15, 0.2) is 24.3 Å². The summed E-state index contributed by atoms with van der Waals surface area (Å²) in [6, 6.07) is 6.22. The average Bonchev–Trinajstić information content (AvgIpc) is 2.37. The van der Waals surface area contributed by atoms with E-state index < -0.39 is 0 Å². The lowest BCUT2D eigenvalue weighted by Crippen LogP contribution is -2.30. The maximum Gasteiger partial charge on any atom is 0.223 e. The molecule has 3 heteroatoms. The molecule has 0 heterocycles. The van der Waals surface area contributed by atoms with E-state index in [1.165, 1.54) is 12.1 Å². The predicted molar refractivity (Wildman–Crippen MR) is 71.6 cm³/mol. The number of rotatable bonds is 7. The van der Waals surface area contributed by atoms with E-state index in [1.54, 1.807) is 12.1 Å². The fourth-order valence-corrected chi connectivity index (χ4v) is 2.04. The highest BCUT2D eigenvalue weighted by Crippen LogP contribution is 2.13. The Morgan fingerprint density at radius 1 is 1.17 bits per heavy atom. The van der Waals surface area contributed by atoms with Crippen LogP contribution in [0.4, 0.5) is 4.39 Å². The van der Waals surface area contributed by atoms with Gasteiger partial charge in [-0.1, -0.05) is 38.8 Å². The first-order chi connectivity index (χ1) is 8.67. The molecule has 0 saturated carbocycles. The Labute approximate surface area is 109 Å². The quantitative estimate of drug-likeness (QED) is 0.787. The number of carbonyl (C=O) groups is 1. The first kappa shape index (κ1) is 14.7. The second-order valence-corrected chi connectivity index (χ2v) is 4.62. The first-order valence-electron chi connectivity index (χ1n) is 6.69. The molecule has 0 aliphatic carbocycles. The molecule has 1 aromatic carbocycles. The molecule has 0 fully saturated rings. The normalized spacial score (nSPS) is 10.7. The second-order valence-electron chi connectivity index (χ2n) is 4.62. The van der Waals surface area contributed by atoms with Crippen LogP contribution in [0.5, 0.6) is 0 Å². The van der Waals surface area contributed by atoms with Crippen LogP contribution in [0.3, 0.4) is 0 Å². The number of nitrogens with one attached hydrogen (secondary N) is 1. The molecule has 2 nitrogen and oxygen atoms in total. The van der Waals surface area contributed by atoms with Crippen LogP contribution in [0.2, 0.25) is 0 Å². The Morgan fingerprint density at radius 3 is 2.22 bits per heavy atom. The highest BCUT2D eigenvalue weighted by molar-refractivity contribution is 5.78. The molecule has 1 rings (SSSR count). The Morgan fingerprint density at radius 2 is 1.72 bits per heavy atom. The van der Waals surface area contributed by atoms with Crippen LogP contribution in [0.1, 0.15) is 45.1 Å². The van der Waals surface area contributed by atoms with Gasteiger partial charge in [0.1, 0.15) is 5.82 Å². The molecule has 100 valence electrons. The summed E-state index contributed by atoms with van der Waals surface area (Å²) in [5.41, 5.74) is 0.927. The van der Waals surface area contributed by atoms with Crippen molar-refractivity contribution in [3.05, 3.63) is 35.6 Å². The zero-order valence-corrected chi connectivity index (χ0v) is 11.2. The fourth-order valence-electron chi connectivity index (χ4n) is 2.04. The third-order valence-corrected chi connectivity index (χ3v) is 3.03. The minimum absolute atomic E-state index is 0.112. The Balaban J connectivity index is 2.45. The standard InChI is InChI=1S/C15H22FNO/c1-3-5-13(6-4-2)15(18)17-11-12-7-9-14(16)10-8-12/h7-10,13H,3-6,11H2,1-2H3,(H,17,18). The van der Waals surface area contributed by atoms with Crippen LogP contribution >= 0.6 is 0 Å². The van der Waals surface area contributed by atoms with Gasteiger partial charge < -0.3 is 5.32 Å². The third kappa shape index (κ3) is 4.86. The molecule has 0 bridgehead atoms. The largest absolute Gasteiger partial charge is 0.352 e. The van der Waals surface area contributed by atoms with E-state index in [1.807, 2.05) is 0 Å². The van der Waals surface area contributed by atoms with Crippen molar-refractivity contribution in [3.63, 3.8) is 0 Å². The maximum atomic E-state index is 12.7. The van der Waals surface area contributed by atoms with Crippen LogP contribution in [-0.4, -0.2) is 5.91 Å². The molecule has 1 N–H and O–H groups in total. The predicted octanol–water partition coefficient (Wildman–Crippen LogP) is 3.66. The highest BCUT2D eigenvalue weighted by atomic mass is 19.1. The third-order valence-electron chi connectivity index (χ3n) is 3.03. The molecule has 0 aliphatic heterocycles. The average molecular weight is 251 g/mol. The van der Waals surface area contributed by atoms with E-state index in [0.717, 1.165) is 31.2 Å². The van der Waals surface area contributed by atoms with Crippen LogP contribution in [0.25, 0.3) is 0 Å². The van der Waals surface area contributed by atoms with Crippen LogP contribution < -0.4 is 5.32 Å². The summed E-state index contributed by atoms with van der Waals surface area (Å²) in [7, 11) is 0. The molecule has 1 aromatic rings. The molecular weight excluding hydrogens is 229 g/mol. The monoisotopic (exact) mass is 251 g/mol. The van der Waals surface area contributed by atoms with Gasteiger partial charge in [0.25, 0.3) is 0 Å². The minimum Gasteiger partial charge on any atom is -0.352 e. The van der Waals surface area contributed by atoms with Crippen molar-refractivity contribution in [2.45, 2.75) is 46.1 Å². The van der Waals surface area contributed by atoms with Crippen molar-refractivity contribution >= 4 is 5.91 Å². The molecule has 0 unspecified atom stereocenters. The molecule has 0 radical (unpaired) electrons. The lowest BCUT2D eigenvalue weighted by Gasteiger charge is -2.15. The molecule has 0 spiro atoms. The Kier molecular flexibility index (Phi) is 6.40. The second kappa shape index (κ2) is 7.85. The van der Waals surface area contributed by atoms with Crippen LogP contribution in [0, 0.1) is 11.7 Å². The summed E-state index contributed by atoms with van der Waals surface area (Å²) in [4.78, 5) is 12.0. The number of benzene rings is 1. The van der Waals surface area contributed by atoms with Gasteiger partial charge in [-0.3, -0.25) is 4.79 Å². The van der Waals surface area contributed by atoms with Crippen molar-refractivity contribution in [2.24, 2.45) is 5.92 Å². The molecule has 0 atom stereocenters. The van der Waals surface area contributed by atoms with E-state index in [9.17, 15) is 9.18 Å². The van der Waals surface area contributed by atoms with Gasteiger partial charge in [-0.25, -0.2) is 4.39 Å². The molecule has 18 heavy (non-hydrogen) atoms. The van der Waals surface area contributed by atoms with Gasteiger partial charge in [0.05, 0.1) is 0 Å². The number of carbonyl (C=O) groups excluding carboxylic acids is 1. The summed E-state index contributed by atoms with van der Waals surface area (Å²) in [5.74, 6) is -0.0246. The SMILES string of the molecule is CCCC(CCC)C(=O)NCc1ccc(F)cc1. The molecule has 0 aromatic heterocycles. The molecule has 0 aliphatic rings. The number of hydrogen-bond acceptors (Lipinski definition) is 1. The fraction of sp³-hybridized carbons (Fsp3) is 0.533. The minimum atomic E-state index is -0.250. The zero-order valence-electron chi connectivity index (χ0n) is 11.2. The summed E-state index contributed by atoms with van der Waals surface area (Å²) in [6.45, 7) is 4.66. The summed E-state index contributed by atoms with van der Waals surface area (Å²) in [6.07, 6.45) is 3.91. The zero-order chi connectivity index (χ0) is 13.4. The summed E-state index contributed by atoms with van der Waals surface area (Å²) >= 11 is 0. The van der Waals surface area contributed by atoms with Crippen LogP contribution in [-0.2, 0) is 11.3 Å². The molecule has 1 amide bonds.